The highest BCUT2D eigenvalue weighted by Crippen LogP contribution is 2.32. The van der Waals surface area contributed by atoms with Crippen LogP contribution in [0.25, 0.3) is 11.0 Å². The van der Waals surface area contributed by atoms with Gasteiger partial charge in [0.05, 0.1) is 30.8 Å². The Labute approximate surface area is 174 Å². The molecule has 0 aliphatic rings. The zero-order chi connectivity index (χ0) is 21.9. The number of hydrogen-bond donors (Lipinski definition) is 0. The molecule has 1 heterocycles. The normalized spacial score (nSPS) is 12.0. The van der Waals surface area contributed by atoms with Crippen LogP contribution in [0, 0.1) is 0 Å². The molecule has 2 aromatic carbocycles. The van der Waals surface area contributed by atoms with E-state index >= 15 is 0 Å². The number of methoxy groups -OCH3 is 2. The van der Waals surface area contributed by atoms with Gasteiger partial charge in [0.1, 0.15) is 5.82 Å². The van der Waals surface area contributed by atoms with E-state index in [9.17, 15) is 13.2 Å². The zero-order valence-electron chi connectivity index (χ0n) is 17.6. The van der Waals surface area contributed by atoms with E-state index in [2.05, 4.69) is 9.88 Å². The molecule has 0 atom stereocenters. The second-order valence-electron chi connectivity index (χ2n) is 7.40. The van der Waals surface area contributed by atoms with Gasteiger partial charge in [-0.3, -0.25) is 0 Å². The fourth-order valence-electron chi connectivity index (χ4n) is 3.46. The molecular weight excluding hydrogens is 395 g/mol. The minimum atomic E-state index is -4.40. The number of fused-ring (bicyclic) bond motifs is 1. The lowest BCUT2D eigenvalue weighted by Gasteiger charge is -2.13. The van der Waals surface area contributed by atoms with E-state index in [-0.39, 0.29) is 0 Å². The molecule has 0 bridgehead atoms. The Morgan fingerprint density at radius 2 is 1.73 bits per heavy atom. The maximum Gasteiger partial charge on any atom is 0.416 e. The Kier molecular flexibility index (Phi) is 6.55. The summed E-state index contributed by atoms with van der Waals surface area (Å²) in [7, 11) is 7.12. The SMILES string of the molecule is COc1ccc(Cc2nc3cc(C(F)(F)F)ccc3n2CCCN(C)C)cc1OC. The highest BCUT2D eigenvalue weighted by molar-refractivity contribution is 5.77. The van der Waals surface area contributed by atoms with E-state index in [1.807, 2.05) is 36.9 Å². The average Bonchev–Trinajstić information content (AvgIpc) is 3.03. The molecule has 0 radical (unpaired) electrons. The third-order valence-corrected chi connectivity index (χ3v) is 4.95. The van der Waals surface area contributed by atoms with Crippen molar-refractivity contribution in [1.82, 2.24) is 14.5 Å². The minimum absolute atomic E-state index is 0.352. The van der Waals surface area contributed by atoms with Crippen LogP contribution in [0.2, 0.25) is 0 Å². The van der Waals surface area contributed by atoms with E-state index in [0.29, 0.717) is 35.5 Å². The molecule has 8 heteroatoms. The van der Waals surface area contributed by atoms with Crippen molar-refractivity contribution >= 4 is 11.0 Å². The largest absolute Gasteiger partial charge is 0.493 e. The first-order valence-electron chi connectivity index (χ1n) is 9.65. The van der Waals surface area contributed by atoms with Crippen molar-refractivity contribution in [1.29, 1.82) is 0 Å². The van der Waals surface area contributed by atoms with Gasteiger partial charge in [-0.05, 0) is 63.0 Å². The summed E-state index contributed by atoms with van der Waals surface area (Å²) in [6, 6.07) is 9.34. The molecule has 0 N–H and O–H groups in total. The van der Waals surface area contributed by atoms with Gasteiger partial charge in [-0.2, -0.15) is 13.2 Å². The molecule has 3 rings (SSSR count). The quantitative estimate of drug-likeness (QED) is 0.532. The van der Waals surface area contributed by atoms with Crippen molar-refractivity contribution in [2.24, 2.45) is 0 Å². The number of halogens is 3. The number of alkyl halides is 3. The molecule has 0 unspecified atom stereocenters. The number of benzene rings is 2. The standard InChI is InChI=1S/C22H26F3N3O2/c1-27(2)10-5-11-28-18-8-7-16(22(23,24)25)14-17(18)26-21(28)13-15-6-9-19(29-3)20(12-15)30-4/h6-9,12,14H,5,10-11,13H2,1-4H3. The molecule has 162 valence electrons. The molecule has 0 spiro atoms. The van der Waals surface area contributed by atoms with Gasteiger partial charge < -0.3 is 18.9 Å². The van der Waals surface area contributed by atoms with Crippen LogP contribution in [0.15, 0.2) is 36.4 Å². The van der Waals surface area contributed by atoms with Gasteiger partial charge in [-0.25, -0.2) is 4.98 Å². The summed E-state index contributed by atoms with van der Waals surface area (Å²) in [4.78, 5) is 6.63. The number of rotatable bonds is 8. The van der Waals surface area contributed by atoms with Gasteiger partial charge in [-0.1, -0.05) is 6.07 Å². The Hall–Kier alpha value is -2.74. The monoisotopic (exact) mass is 421 g/mol. The Morgan fingerprint density at radius 3 is 2.37 bits per heavy atom. The fraction of sp³-hybridized carbons (Fsp3) is 0.409. The van der Waals surface area contributed by atoms with Crippen molar-refractivity contribution in [2.75, 3.05) is 34.9 Å². The van der Waals surface area contributed by atoms with E-state index in [1.165, 1.54) is 6.07 Å². The van der Waals surface area contributed by atoms with Crippen LogP contribution < -0.4 is 9.47 Å². The second kappa shape index (κ2) is 8.95. The second-order valence-corrected chi connectivity index (χ2v) is 7.40. The van der Waals surface area contributed by atoms with E-state index < -0.39 is 11.7 Å². The summed E-state index contributed by atoms with van der Waals surface area (Å²) in [5.74, 6) is 1.94. The number of hydrogen-bond acceptors (Lipinski definition) is 4. The van der Waals surface area contributed by atoms with Crippen molar-refractivity contribution in [3.8, 4) is 11.5 Å². The van der Waals surface area contributed by atoms with Crippen LogP contribution in [0.1, 0.15) is 23.4 Å². The molecule has 0 aliphatic carbocycles. The van der Waals surface area contributed by atoms with E-state index in [4.69, 9.17) is 9.47 Å². The van der Waals surface area contributed by atoms with Gasteiger partial charge >= 0.3 is 6.18 Å². The maximum absolute atomic E-state index is 13.2. The van der Waals surface area contributed by atoms with Gasteiger partial charge in [0.15, 0.2) is 11.5 Å². The topological polar surface area (TPSA) is 39.5 Å². The lowest BCUT2D eigenvalue weighted by atomic mass is 10.1. The van der Waals surface area contributed by atoms with Gasteiger partial charge in [0.2, 0.25) is 0 Å². The molecule has 0 amide bonds. The molecule has 0 fully saturated rings. The zero-order valence-corrected chi connectivity index (χ0v) is 17.6. The predicted octanol–water partition coefficient (Wildman–Crippen LogP) is 4.61. The molecule has 0 saturated carbocycles. The van der Waals surface area contributed by atoms with E-state index in [1.54, 1.807) is 14.2 Å². The van der Waals surface area contributed by atoms with Crippen LogP contribution in [0.3, 0.4) is 0 Å². The van der Waals surface area contributed by atoms with Crippen LogP contribution >= 0.6 is 0 Å². The minimum Gasteiger partial charge on any atom is -0.493 e. The smallest absolute Gasteiger partial charge is 0.416 e. The Morgan fingerprint density at radius 1 is 1.00 bits per heavy atom. The van der Waals surface area contributed by atoms with Crippen molar-refractivity contribution in [2.45, 2.75) is 25.6 Å². The predicted molar refractivity (Wildman–Crippen MR) is 110 cm³/mol. The molecule has 0 saturated heterocycles. The summed E-state index contributed by atoms with van der Waals surface area (Å²) in [6.45, 7) is 1.54. The summed E-state index contributed by atoms with van der Waals surface area (Å²) >= 11 is 0. The number of ether oxygens (including phenoxy) is 2. The van der Waals surface area contributed by atoms with Gasteiger partial charge in [0, 0.05) is 13.0 Å². The first-order chi connectivity index (χ1) is 14.2. The maximum atomic E-state index is 13.2. The molecule has 1 aromatic heterocycles. The molecular formula is C22H26F3N3O2. The summed E-state index contributed by atoms with van der Waals surface area (Å²) in [5.41, 5.74) is 1.31. The fourth-order valence-corrected chi connectivity index (χ4v) is 3.46. The van der Waals surface area contributed by atoms with E-state index in [0.717, 1.165) is 36.5 Å². The molecule has 0 aliphatic heterocycles. The van der Waals surface area contributed by atoms with Crippen molar-refractivity contribution < 1.29 is 22.6 Å². The van der Waals surface area contributed by atoms with Crippen molar-refractivity contribution in [3.63, 3.8) is 0 Å². The Bertz CT molecular complexity index is 1010. The summed E-state index contributed by atoms with van der Waals surface area (Å²) in [6.07, 6.45) is -3.07. The van der Waals surface area contributed by atoms with Gasteiger partial charge in [0.25, 0.3) is 0 Å². The third-order valence-electron chi connectivity index (χ3n) is 4.95. The first kappa shape index (κ1) is 22.0. The van der Waals surface area contributed by atoms with Crippen LogP contribution in [-0.2, 0) is 19.1 Å². The molecule has 3 aromatic rings. The highest BCUT2D eigenvalue weighted by atomic mass is 19.4. The average molecular weight is 421 g/mol. The first-order valence-corrected chi connectivity index (χ1v) is 9.65. The number of aromatic nitrogens is 2. The number of nitrogens with zero attached hydrogens (tertiary/aromatic N) is 3. The van der Waals surface area contributed by atoms with Crippen LogP contribution in [-0.4, -0.2) is 49.3 Å². The summed E-state index contributed by atoms with van der Waals surface area (Å²) in [5, 5.41) is 0. The van der Waals surface area contributed by atoms with Crippen LogP contribution in [0.5, 0.6) is 11.5 Å². The lowest BCUT2D eigenvalue weighted by Crippen LogP contribution is -2.16. The number of aryl methyl sites for hydroxylation is 1. The van der Waals surface area contributed by atoms with Gasteiger partial charge in [-0.15, -0.1) is 0 Å². The highest BCUT2D eigenvalue weighted by Gasteiger charge is 2.31. The molecule has 5 nitrogen and oxygen atoms in total. The summed E-state index contributed by atoms with van der Waals surface area (Å²) < 4.78 is 52.1. The molecule has 30 heavy (non-hydrogen) atoms. The van der Waals surface area contributed by atoms with Crippen molar-refractivity contribution in [3.05, 3.63) is 53.3 Å². The Balaban J connectivity index is 2.00. The number of imidazole rings is 1. The lowest BCUT2D eigenvalue weighted by molar-refractivity contribution is -0.137. The van der Waals surface area contributed by atoms with Crippen LogP contribution in [0.4, 0.5) is 13.2 Å². The third kappa shape index (κ3) is 4.87.